The molecule has 0 atom stereocenters. The number of hydrazine groups is 1. The van der Waals surface area contributed by atoms with Crippen LogP contribution in [0.3, 0.4) is 0 Å². The first-order valence-electron chi connectivity index (χ1n) is 7.76. The zero-order valence-corrected chi connectivity index (χ0v) is 13.9. The van der Waals surface area contributed by atoms with E-state index in [1.165, 1.54) is 24.3 Å². The number of nitrogens with one attached hydrogen (secondary N) is 2. The van der Waals surface area contributed by atoms with E-state index >= 15 is 0 Å². The molecule has 6 heteroatoms. The first-order chi connectivity index (χ1) is 12.0. The molecular weight excluding hydrogens is 323 g/mol. The summed E-state index contributed by atoms with van der Waals surface area (Å²) in [7, 11) is 0. The summed E-state index contributed by atoms with van der Waals surface area (Å²) in [6.45, 7) is 3.96. The molecule has 0 saturated carbocycles. The van der Waals surface area contributed by atoms with Gasteiger partial charge < -0.3 is 4.42 Å². The van der Waals surface area contributed by atoms with E-state index in [9.17, 15) is 14.0 Å². The van der Waals surface area contributed by atoms with E-state index < -0.39 is 11.7 Å². The highest BCUT2D eigenvalue weighted by molar-refractivity contribution is 5.96. The van der Waals surface area contributed by atoms with Gasteiger partial charge in [0, 0.05) is 16.5 Å². The molecule has 2 N–H and O–H groups in total. The molecule has 0 saturated heterocycles. The van der Waals surface area contributed by atoms with E-state index in [-0.39, 0.29) is 17.9 Å². The predicted molar refractivity (Wildman–Crippen MR) is 91.4 cm³/mol. The topological polar surface area (TPSA) is 71.3 Å². The lowest BCUT2D eigenvalue weighted by Gasteiger charge is -2.07. The van der Waals surface area contributed by atoms with E-state index in [1.807, 2.05) is 26.0 Å². The van der Waals surface area contributed by atoms with Gasteiger partial charge in [0.2, 0.25) is 5.91 Å². The van der Waals surface area contributed by atoms with Crippen LogP contribution in [0.2, 0.25) is 0 Å². The van der Waals surface area contributed by atoms with E-state index in [0.717, 1.165) is 27.7 Å². The summed E-state index contributed by atoms with van der Waals surface area (Å²) >= 11 is 0. The highest BCUT2D eigenvalue weighted by Gasteiger charge is 2.13. The third-order valence-corrected chi connectivity index (χ3v) is 4.11. The molecular formula is C19H17FN2O3. The third kappa shape index (κ3) is 3.52. The molecule has 3 rings (SSSR count). The predicted octanol–water partition coefficient (Wildman–Crippen LogP) is 3.19. The number of aryl methyl sites for hydroxylation is 2. The van der Waals surface area contributed by atoms with E-state index in [1.54, 1.807) is 6.26 Å². The second-order valence-electron chi connectivity index (χ2n) is 5.83. The fourth-order valence-corrected chi connectivity index (χ4v) is 2.54. The molecule has 2 amide bonds. The molecule has 2 aromatic carbocycles. The average molecular weight is 340 g/mol. The minimum Gasteiger partial charge on any atom is -0.464 e. The zero-order valence-electron chi connectivity index (χ0n) is 13.9. The molecule has 128 valence electrons. The zero-order chi connectivity index (χ0) is 18.0. The summed E-state index contributed by atoms with van der Waals surface area (Å²) in [5.41, 5.74) is 8.57. The number of carbonyl (C=O) groups is 2. The highest BCUT2D eigenvalue weighted by Crippen LogP contribution is 2.26. The lowest BCUT2D eigenvalue weighted by molar-refractivity contribution is -0.121. The highest BCUT2D eigenvalue weighted by atomic mass is 19.1. The normalized spacial score (nSPS) is 10.7. The summed E-state index contributed by atoms with van der Waals surface area (Å²) in [5, 5.41) is 0.878. The standard InChI is InChI=1S/C19H17FN2O3/c1-11-3-8-16-14(10-25-18(16)12(11)2)9-17(23)21-22-19(24)13-4-6-15(20)7-5-13/h3-8,10H,9H2,1-2H3,(H,21,23)(H,22,24). The Bertz CT molecular complexity index is 945. The Morgan fingerprint density at radius 3 is 2.48 bits per heavy atom. The second kappa shape index (κ2) is 6.76. The van der Waals surface area contributed by atoms with Gasteiger partial charge in [0.1, 0.15) is 11.4 Å². The molecule has 0 bridgehead atoms. The maximum absolute atomic E-state index is 12.8. The summed E-state index contributed by atoms with van der Waals surface area (Å²) in [6, 6.07) is 8.93. The fraction of sp³-hybridized carbons (Fsp3) is 0.158. The number of hydrogen-bond donors (Lipinski definition) is 2. The van der Waals surface area contributed by atoms with Crippen molar-refractivity contribution >= 4 is 22.8 Å². The largest absolute Gasteiger partial charge is 0.464 e. The molecule has 3 aromatic rings. The van der Waals surface area contributed by atoms with E-state index in [0.29, 0.717) is 0 Å². The van der Waals surface area contributed by atoms with Gasteiger partial charge in [-0.15, -0.1) is 0 Å². The van der Waals surface area contributed by atoms with Gasteiger partial charge in [-0.1, -0.05) is 12.1 Å². The van der Waals surface area contributed by atoms with Crippen LogP contribution in [0.1, 0.15) is 27.0 Å². The lowest BCUT2D eigenvalue weighted by atomic mass is 10.0. The van der Waals surface area contributed by atoms with Crippen LogP contribution in [0.15, 0.2) is 47.1 Å². The molecule has 0 aliphatic heterocycles. The van der Waals surface area contributed by atoms with Crippen LogP contribution in [-0.4, -0.2) is 11.8 Å². The Balaban J connectivity index is 1.64. The Morgan fingerprint density at radius 1 is 1.04 bits per heavy atom. The molecule has 25 heavy (non-hydrogen) atoms. The van der Waals surface area contributed by atoms with Crippen molar-refractivity contribution in [2.75, 3.05) is 0 Å². The van der Waals surface area contributed by atoms with Crippen molar-refractivity contribution in [2.45, 2.75) is 20.3 Å². The Labute approximate surface area is 143 Å². The number of hydrogen-bond acceptors (Lipinski definition) is 3. The molecule has 0 spiro atoms. The number of amides is 2. The van der Waals surface area contributed by atoms with Gasteiger partial charge in [0.05, 0.1) is 12.7 Å². The third-order valence-electron chi connectivity index (χ3n) is 4.11. The van der Waals surface area contributed by atoms with Gasteiger partial charge in [-0.25, -0.2) is 4.39 Å². The minimum atomic E-state index is -0.517. The fourth-order valence-electron chi connectivity index (χ4n) is 2.54. The van der Waals surface area contributed by atoms with Crippen LogP contribution < -0.4 is 10.9 Å². The summed E-state index contributed by atoms with van der Waals surface area (Å²) in [5.74, 6) is -1.33. The minimum absolute atomic E-state index is 0.0686. The van der Waals surface area contributed by atoms with Crippen molar-refractivity contribution in [3.05, 3.63) is 70.7 Å². The Hall–Kier alpha value is -3.15. The smallest absolute Gasteiger partial charge is 0.269 e. The van der Waals surface area contributed by atoms with Crippen molar-refractivity contribution in [1.29, 1.82) is 0 Å². The molecule has 5 nitrogen and oxygen atoms in total. The van der Waals surface area contributed by atoms with Crippen molar-refractivity contribution < 1.29 is 18.4 Å². The molecule has 0 aliphatic carbocycles. The van der Waals surface area contributed by atoms with Crippen molar-refractivity contribution in [3.8, 4) is 0 Å². The van der Waals surface area contributed by atoms with E-state index in [2.05, 4.69) is 10.9 Å². The first-order valence-corrected chi connectivity index (χ1v) is 7.76. The van der Waals surface area contributed by atoms with Gasteiger partial charge >= 0.3 is 0 Å². The van der Waals surface area contributed by atoms with Crippen LogP contribution in [0.25, 0.3) is 11.0 Å². The number of benzene rings is 2. The van der Waals surface area contributed by atoms with E-state index in [4.69, 9.17) is 4.42 Å². The van der Waals surface area contributed by atoms with Crippen LogP contribution in [0, 0.1) is 19.7 Å². The average Bonchev–Trinajstić information content (AvgIpc) is 3.00. The van der Waals surface area contributed by atoms with Crippen molar-refractivity contribution in [3.63, 3.8) is 0 Å². The van der Waals surface area contributed by atoms with Gasteiger partial charge in [-0.2, -0.15) is 0 Å². The number of furan rings is 1. The molecule has 0 fully saturated rings. The molecule has 1 heterocycles. The van der Waals surface area contributed by atoms with Gasteiger partial charge in [-0.05, 0) is 49.2 Å². The maximum atomic E-state index is 12.8. The molecule has 0 radical (unpaired) electrons. The maximum Gasteiger partial charge on any atom is 0.269 e. The summed E-state index contributed by atoms with van der Waals surface area (Å²) in [6.07, 6.45) is 1.62. The molecule has 0 unspecified atom stereocenters. The quantitative estimate of drug-likeness (QED) is 0.719. The van der Waals surface area contributed by atoms with Gasteiger partial charge in [-0.3, -0.25) is 20.4 Å². The van der Waals surface area contributed by atoms with Crippen LogP contribution >= 0.6 is 0 Å². The summed E-state index contributed by atoms with van der Waals surface area (Å²) in [4.78, 5) is 24.0. The second-order valence-corrected chi connectivity index (χ2v) is 5.83. The SMILES string of the molecule is Cc1ccc2c(CC(=O)NNC(=O)c3ccc(F)cc3)coc2c1C. The Kier molecular flexibility index (Phi) is 4.52. The summed E-state index contributed by atoms with van der Waals surface area (Å²) < 4.78 is 18.4. The molecule has 0 aliphatic rings. The number of fused-ring (bicyclic) bond motifs is 1. The first kappa shape index (κ1) is 16.7. The molecule has 1 aromatic heterocycles. The monoisotopic (exact) mass is 340 g/mol. The number of carbonyl (C=O) groups excluding carboxylic acids is 2. The van der Waals surface area contributed by atoms with Crippen molar-refractivity contribution in [1.82, 2.24) is 10.9 Å². The number of halogens is 1. The van der Waals surface area contributed by atoms with Crippen LogP contribution in [0.5, 0.6) is 0 Å². The van der Waals surface area contributed by atoms with Crippen molar-refractivity contribution in [2.24, 2.45) is 0 Å². The Morgan fingerprint density at radius 2 is 1.76 bits per heavy atom. The van der Waals surface area contributed by atoms with Gasteiger partial charge in [0.25, 0.3) is 5.91 Å². The van der Waals surface area contributed by atoms with Crippen LogP contribution in [-0.2, 0) is 11.2 Å². The number of rotatable bonds is 3. The van der Waals surface area contributed by atoms with Gasteiger partial charge in [0.15, 0.2) is 0 Å². The lowest BCUT2D eigenvalue weighted by Crippen LogP contribution is -2.42. The van der Waals surface area contributed by atoms with Crippen LogP contribution in [0.4, 0.5) is 4.39 Å².